The van der Waals surface area contributed by atoms with E-state index in [1.807, 2.05) is 0 Å². The molecule has 0 aliphatic heterocycles. The average molecular weight is 719 g/mol. The van der Waals surface area contributed by atoms with Gasteiger partial charge in [0, 0.05) is 25.8 Å². The number of carbonyl (C=O) groups excluding carboxylic acids is 3. The fraction of sp³-hybridized carbons (Fsp3) is 0.929. The Labute approximate surface area is 310 Å². The van der Waals surface area contributed by atoms with Gasteiger partial charge in [-0.25, -0.2) is 0 Å². The molecule has 9 heteroatoms. The molecule has 4 fully saturated rings. The average Bonchev–Trinajstić information content (AvgIpc) is 3.80. The minimum absolute atomic E-state index is 0.148. The molecular formula is C42H74N2O7. The van der Waals surface area contributed by atoms with Crippen LogP contribution in [-0.4, -0.2) is 76.1 Å². The maximum absolute atomic E-state index is 13.0. The van der Waals surface area contributed by atoms with Crippen LogP contribution in [0.25, 0.3) is 0 Å². The molecule has 4 saturated carbocycles. The Morgan fingerprint density at radius 3 is 2.04 bits per heavy atom. The molecule has 0 saturated heterocycles. The number of hydrogen-bond acceptors (Lipinski definition) is 9. The summed E-state index contributed by atoms with van der Waals surface area (Å²) >= 11 is 0. The molecule has 8 atom stereocenters. The van der Waals surface area contributed by atoms with E-state index in [2.05, 4.69) is 45.3 Å². The molecule has 0 amide bonds. The minimum atomic E-state index is -0.321. The molecule has 0 spiro atoms. The van der Waals surface area contributed by atoms with Crippen LogP contribution < -0.4 is 10.6 Å². The van der Waals surface area contributed by atoms with Crippen LogP contribution in [0.15, 0.2) is 0 Å². The summed E-state index contributed by atoms with van der Waals surface area (Å²) in [5.74, 6) is 3.86. The first kappa shape index (κ1) is 42.0. The van der Waals surface area contributed by atoms with Gasteiger partial charge in [0.15, 0.2) is 0 Å². The largest absolute Gasteiger partial charge is 0.466 e. The second-order valence-electron chi connectivity index (χ2n) is 17.5. The molecule has 0 aromatic heterocycles. The highest BCUT2D eigenvalue weighted by Crippen LogP contribution is 2.55. The van der Waals surface area contributed by atoms with Crippen molar-refractivity contribution in [2.45, 2.75) is 156 Å². The Bertz CT molecular complexity index is 1050. The lowest BCUT2D eigenvalue weighted by molar-refractivity contribution is -0.148. The highest BCUT2D eigenvalue weighted by Gasteiger charge is 2.47. The topological polar surface area (TPSA) is 112 Å². The van der Waals surface area contributed by atoms with Gasteiger partial charge in [-0.05, 0) is 130 Å². The van der Waals surface area contributed by atoms with Crippen LogP contribution in [0.2, 0.25) is 0 Å². The van der Waals surface area contributed by atoms with Crippen LogP contribution in [0.1, 0.15) is 144 Å². The molecule has 2 bridgehead atoms. The predicted molar refractivity (Wildman–Crippen MR) is 201 cm³/mol. The lowest BCUT2D eigenvalue weighted by Gasteiger charge is -2.35. The first-order valence-corrected chi connectivity index (χ1v) is 21.1. The van der Waals surface area contributed by atoms with Gasteiger partial charge in [-0.15, -0.1) is 0 Å². The van der Waals surface area contributed by atoms with Gasteiger partial charge in [-0.1, -0.05) is 53.9 Å². The van der Waals surface area contributed by atoms with E-state index in [0.29, 0.717) is 63.1 Å². The summed E-state index contributed by atoms with van der Waals surface area (Å²) in [5.41, 5.74) is 0.241. The smallest absolute Gasteiger partial charge is 0.323 e. The summed E-state index contributed by atoms with van der Waals surface area (Å²) in [7, 11) is 0. The SMILES string of the molecule is CCCCOC(=O)CC(CC(=O)OCC1CCC(COCCC(NCC2CC(C)CC2C)C(=O)OCCCC)CC1)NCC1(C)CC2CCC1C2. The lowest BCUT2D eigenvalue weighted by Crippen LogP contribution is -2.43. The van der Waals surface area contributed by atoms with Crippen LogP contribution >= 0.6 is 0 Å². The Morgan fingerprint density at radius 2 is 1.43 bits per heavy atom. The molecule has 51 heavy (non-hydrogen) atoms. The van der Waals surface area contributed by atoms with Crippen molar-refractivity contribution in [3.05, 3.63) is 0 Å². The summed E-state index contributed by atoms with van der Waals surface area (Å²) in [5, 5.41) is 7.15. The Kier molecular flexibility index (Phi) is 18.0. The third kappa shape index (κ3) is 14.2. The normalized spacial score (nSPS) is 31.4. The molecule has 4 aliphatic carbocycles. The molecular weight excluding hydrogens is 644 g/mol. The Hall–Kier alpha value is -1.71. The van der Waals surface area contributed by atoms with E-state index in [1.165, 1.54) is 38.5 Å². The van der Waals surface area contributed by atoms with E-state index in [4.69, 9.17) is 18.9 Å². The van der Waals surface area contributed by atoms with E-state index in [9.17, 15) is 14.4 Å². The number of rotatable bonds is 24. The summed E-state index contributed by atoms with van der Waals surface area (Å²) < 4.78 is 23.0. The zero-order valence-corrected chi connectivity index (χ0v) is 33.0. The molecule has 8 unspecified atom stereocenters. The Balaban J connectivity index is 1.13. The summed E-state index contributed by atoms with van der Waals surface area (Å²) in [6, 6.07) is -0.587. The van der Waals surface area contributed by atoms with Gasteiger partial charge < -0.3 is 29.6 Å². The van der Waals surface area contributed by atoms with Crippen molar-refractivity contribution in [1.82, 2.24) is 10.6 Å². The monoisotopic (exact) mass is 719 g/mol. The second-order valence-corrected chi connectivity index (χ2v) is 17.5. The summed E-state index contributed by atoms with van der Waals surface area (Å²) in [4.78, 5) is 38.5. The van der Waals surface area contributed by atoms with Crippen molar-refractivity contribution in [3.8, 4) is 0 Å². The van der Waals surface area contributed by atoms with Crippen molar-refractivity contribution < 1.29 is 33.3 Å². The van der Waals surface area contributed by atoms with Crippen LogP contribution in [0, 0.1) is 46.8 Å². The number of fused-ring (bicyclic) bond motifs is 2. The van der Waals surface area contributed by atoms with E-state index < -0.39 is 0 Å². The van der Waals surface area contributed by atoms with Crippen molar-refractivity contribution in [3.63, 3.8) is 0 Å². The Morgan fingerprint density at radius 1 is 0.765 bits per heavy atom. The quantitative estimate of drug-likeness (QED) is 0.0591. The maximum atomic E-state index is 13.0. The van der Waals surface area contributed by atoms with Crippen LogP contribution in [0.5, 0.6) is 0 Å². The fourth-order valence-electron chi connectivity index (χ4n) is 9.58. The molecule has 0 aromatic carbocycles. The van der Waals surface area contributed by atoms with E-state index in [-0.39, 0.29) is 48.2 Å². The molecule has 2 N–H and O–H groups in total. The van der Waals surface area contributed by atoms with Gasteiger partial charge in [-0.3, -0.25) is 14.4 Å². The van der Waals surface area contributed by atoms with Crippen LogP contribution in [0.3, 0.4) is 0 Å². The third-order valence-corrected chi connectivity index (χ3v) is 13.0. The predicted octanol–water partition coefficient (Wildman–Crippen LogP) is 7.63. The minimum Gasteiger partial charge on any atom is -0.466 e. The van der Waals surface area contributed by atoms with Gasteiger partial charge >= 0.3 is 17.9 Å². The molecule has 0 aromatic rings. The number of ether oxygens (including phenoxy) is 4. The molecule has 4 aliphatic rings. The zero-order valence-electron chi connectivity index (χ0n) is 33.0. The lowest BCUT2D eigenvalue weighted by atomic mass is 9.74. The van der Waals surface area contributed by atoms with Gasteiger partial charge in [0.05, 0.1) is 32.7 Å². The van der Waals surface area contributed by atoms with Crippen molar-refractivity contribution in [2.24, 2.45) is 46.8 Å². The first-order chi connectivity index (χ1) is 24.6. The standard InChI is InChI=1S/C42H74N2O7/c1-6-8-17-49-39(45)23-37(44-29-42(5)25-34-14-15-36(42)22-34)24-40(46)51-28-33-12-10-32(11-13-33)27-48-19-16-38(41(47)50-18-9-7-2)43-26-35-21-30(3)20-31(35)4/h30-38,43-44H,6-29H2,1-5H3. The summed E-state index contributed by atoms with van der Waals surface area (Å²) in [6.45, 7) is 15.5. The highest BCUT2D eigenvalue weighted by atomic mass is 16.5. The number of carbonyl (C=O) groups is 3. The van der Waals surface area contributed by atoms with Crippen LogP contribution in [0.4, 0.5) is 0 Å². The van der Waals surface area contributed by atoms with E-state index >= 15 is 0 Å². The molecule has 9 nitrogen and oxygen atoms in total. The molecule has 4 rings (SSSR count). The van der Waals surface area contributed by atoms with Crippen molar-refractivity contribution in [1.29, 1.82) is 0 Å². The summed E-state index contributed by atoms with van der Waals surface area (Å²) in [6.07, 6.45) is 16.6. The third-order valence-electron chi connectivity index (χ3n) is 13.0. The zero-order chi connectivity index (χ0) is 36.6. The van der Waals surface area contributed by atoms with E-state index in [0.717, 1.165) is 82.2 Å². The highest BCUT2D eigenvalue weighted by molar-refractivity contribution is 5.75. The van der Waals surface area contributed by atoms with E-state index in [1.54, 1.807) is 0 Å². The van der Waals surface area contributed by atoms with Gasteiger partial charge in [0.2, 0.25) is 0 Å². The number of unbranched alkanes of at least 4 members (excludes halogenated alkanes) is 2. The number of hydrogen-bond donors (Lipinski definition) is 2. The molecule has 294 valence electrons. The fourth-order valence-corrected chi connectivity index (χ4v) is 9.58. The van der Waals surface area contributed by atoms with Crippen molar-refractivity contribution >= 4 is 17.9 Å². The van der Waals surface area contributed by atoms with Crippen molar-refractivity contribution in [2.75, 3.05) is 46.1 Å². The molecule has 0 radical (unpaired) electrons. The first-order valence-electron chi connectivity index (χ1n) is 21.1. The number of nitrogens with one attached hydrogen (secondary N) is 2. The maximum Gasteiger partial charge on any atom is 0.323 e. The van der Waals surface area contributed by atoms with Gasteiger partial charge in [0.25, 0.3) is 0 Å². The second kappa shape index (κ2) is 21.9. The molecule has 0 heterocycles. The van der Waals surface area contributed by atoms with Gasteiger partial charge in [-0.2, -0.15) is 0 Å². The van der Waals surface area contributed by atoms with Gasteiger partial charge in [0.1, 0.15) is 6.04 Å². The number of esters is 3. The van der Waals surface area contributed by atoms with Crippen LogP contribution in [-0.2, 0) is 33.3 Å².